The second-order valence-electron chi connectivity index (χ2n) is 5.94. The first-order chi connectivity index (χ1) is 10.2. The summed E-state index contributed by atoms with van der Waals surface area (Å²) in [5.41, 5.74) is 3.49. The molecular formula is C16H23N5. The van der Waals surface area contributed by atoms with Crippen LogP contribution in [0.5, 0.6) is 0 Å². The van der Waals surface area contributed by atoms with E-state index in [0.717, 1.165) is 18.1 Å². The maximum absolute atomic E-state index is 4.70. The van der Waals surface area contributed by atoms with Crippen LogP contribution < -0.4 is 5.32 Å². The van der Waals surface area contributed by atoms with Crippen LogP contribution in [0.1, 0.15) is 55.0 Å². The zero-order valence-electron chi connectivity index (χ0n) is 12.8. The Balaban J connectivity index is 1.71. The second-order valence-corrected chi connectivity index (χ2v) is 5.94. The summed E-state index contributed by atoms with van der Waals surface area (Å²) in [6.07, 6.45) is 12.3. The fourth-order valence-corrected chi connectivity index (χ4v) is 3.08. The van der Waals surface area contributed by atoms with Crippen molar-refractivity contribution in [1.82, 2.24) is 19.7 Å². The molecule has 5 nitrogen and oxygen atoms in total. The van der Waals surface area contributed by atoms with Gasteiger partial charge < -0.3 is 5.32 Å². The molecule has 1 aliphatic rings. The predicted octanol–water partition coefficient (Wildman–Crippen LogP) is 3.18. The average Bonchev–Trinajstić information content (AvgIpc) is 2.89. The van der Waals surface area contributed by atoms with Gasteiger partial charge in [-0.05, 0) is 19.8 Å². The number of nitrogens with one attached hydrogen (secondary N) is 1. The van der Waals surface area contributed by atoms with E-state index < -0.39 is 0 Å². The summed E-state index contributed by atoms with van der Waals surface area (Å²) in [7, 11) is 2.00. The Morgan fingerprint density at radius 3 is 2.71 bits per heavy atom. The minimum Gasteiger partial charge on any atom is -0.365 e. The lowest BCUT2D eigenvalue weighted by Gasteiger charge is -2.21. The smallest absolute Gasteiger partial charge is 0.144 e. The van der Waals surface area contributed by atoms with Crippen molar-refractivity contribution in [3.63, 3.8) is 0 Å². The minimum atomic E-state index is 0.626. The number of anilines is 1. The largest absolute Gasteiger partial charge is 0.365 e. The van der Waals surface area contributed by atoms with Gasteiger partial charge in [-0.15, -0.1) is 0 Å². The highest BCUT2D eigenvalue weighted by Crippen LogP contribution is 2.33. The Labute approximate surface area is 125 Å². The molecule has 0 spiro atoms. The van der Waals surface area contributed by atoms with E-state index in [0.29, 0.717) is 5.92 Å². The molecule has 112 valence electrons. The van der Waals surface area contributed by atoms with Gasteiger partial charge in [0.2, 0.25) is 0 Å². The molecular weight excluding hydrogens is 262 g/mol. The number of rotatable bonds is 4. The lowest BCUT2D eigenvalue weighted by molar-refractivity contribution is 0.432. The van der Waals surface area contributed by atoms with Crippen molar-refractivity contribution in [1.29, 1.82) is 0 Å². The molecule has 0 amide bonds. The Morgan fingerprint density at radius 2 is 2.00 bits per heavy atom. The normalized spacial score (nSPS) is 16.1. The van der Waals surface area contributed by atoms with Gasteiger partial charge in [0.05, 0.1) is 23.8 Å². The molecule has 1 N–H and O–H groups in total. The molecule has 1 fully saturated rings. The molecule has 5 heteroatoms. The van der Waals surface area contributed by atoms with Gasteiger partial charge >= 0.3 is 0 Å². The van der Waals surface area contributed by atoms with Crippen LogP contribution in [-0.2, 0) is 13.6 Å². The van der Waals surface area contributed by atoms with E-state index in [2.05, 4.69) is 21.5 Å². The summed E-state index contributed by atoms with van der Waals surface area (Å²) >= 11 is 0. The number of hydrogen-bond donors (Lipinski definition) is 1. The van der Waals surface area contributed by atoms with Gasteiger partial charge in [0.15, 0.2) is 0 Å². The van der Waals surface area contributed by atoms with Crippen molar-refractivity contribution in [3.05, 3.63) is 35.5 Å². The topological polar surface area (TPSA) is 55.6 Å². The zero-order valence-corrected chi connectivity index (χ0v) is 12.8. The zero-order chi connectivity index (χ0) is 14.7. The molecule has 0 aromatic carbocycles. The van der Waals surface area contributed by atoms with Gasteiger partial charge in [-0.25, -0.2) is 4.98 Å². The number of nitrogens with zero attached hydrogens (tertiary/aromatic N) is 4. The van der Waals surface area contributed by atoms with Crippen LogP contribution in [0, 0.1) is 6.92 Å². The minimum absolute atomic E-state index is 0.626. The molecule has 0 aliphatic heterocycles. The fourth-order valence-electron chi connectivity index (χ4n) is 3.08. The summed E-state index contributed by atoms with van der Waals surface area (Å²) in [5, 5.41) is 8.06. The van der Waals surface area contributed by atoms with E-state index in [9.17, 15) is 0 Å². The fraction of sp³-hybridized carbons (Fsp3) is 0.562. The second kappa shape index (κ2) is 6.24. The van der Waals surface area contributed by atoms with Crippen LogP contribution in [0.3, 0.4) is 0 Å². The van der Waals surface area contributed by atoms with Gasteiger partial charge in [0.1, 0.15) is 5.82 Å². The van der Waals surface area contributed by atoms with Gasteiger partial charge in [-0.3, -0.25) is 9.67 Å². The highest BCUT2D eigenvalue weighted by molar-refractivity contribution is 5.34. The van der Waals surface area contributed by atoms with Crippen molar-refractivity contribution in [2.75, 3.05) is 5.32 Å². The predicted molar refractivity (Wildman–Crippen MR) is 83.1 cm³/mol. The van der Waals surface area contributed by atoms with Crippen LogP contribution in [0.2, 0.25) is 0 Å². The molecule has 2 aromatic heterocycles. The highest BCUT2D eigenvalue weighted by Gasteiger charge is 2.21. The molecule has 1 saturated carbocycles. The van der Waals surface area contributed by atoms with Crippen molar-refractivity contribution >= 4 is 5.82 Å². The monoisotopic (exact) mass is 285 g/mol. The molecule has 3 rings (SSSR count). The lowest BCUT2D eigenvalue weighted by Crippen LogP contribution is -2.10. The molecule has 0 atom stereocenters. The summed E-state index contributed by atoms with van der Waals surface area (Å²) in [5.74, 6) is 1.44. The van der Waals surface area contributed by atoms with Gasteiger partial charge in [0, 0.05) is 31.3 Å². The Hall–Kier alpha value is -1.91. The Kier molecular flexibility index (Phi) is 4.18. The van der Waals surface area contributed by atoms with Crippen molar-refractivity contribution in [2.24, 2.45) is 7.05 Å². The molecule has 2 aromatic rings. The van der Waals surface area contributed by atoms with Gasteiger partial charge in [-0.1, -0.05) is 19.3 Å². The maximum Gasteiger partial charge on any atom is 0.144 e. The number of aromatic nitrogens is 4. The summed E-state index contributed by atoms with van der Waals surface area (Å²) in [6, 6.07) is 0. The molecule has 21 heavy (non-hydrogen) atoms. The molecule has 0 radical (unpaired) electrons. The molecule has 0 unspecified atom stereocenters. The third-order valence-electron chi connectivity index (χ3n) is 4.17. The van der Waals surface area contributed by atoms with Crippen LogP contribution in [-0.4, -0.2) is 19.7 Å². The van der Waals surface area contributed by atoms with Crippen LogP contribution in [0.15, 0.2) is 18.6 Å². The Morgan fingerprint density at radius 1 is 1.19 bits per heavy atom. The standard InChI is InChI=1S/C16H23N5/c1-12-8-18-15(10-17-12)19-9-14-11-21(2)20-16(14)13-6-4-3-5-7-13/h8,10-11,13H,3-7,9H2,1-2H3,(H,18,19). The van der Waals surface area contributed by atoms with E-state index in [-0.39, 0.29) is 0 Å². The van der Waals surface area contributed by atoms with Crippen LogP contribution in [0.25, 0.3) is 0 Å². The Bertz CT molecular complexity index is 581. The number of hydrogen-bond acceptors (Lipinski definition) is 4. The highest BCUT2D eigenvalue weighted by atomic mass is 15.3. The van der Waals surface area contributed by atoms with Crippen LogP contribution >= 0.6 is 0 Å². The van der Waals surface area contributed by atoms with Crippen molar-refractivity contribution in [2.45, 2.75) is 51.5 Å². The van der Waals surface area contributed by atoms with E-state index >= 15 is 0 Å². The third-order valence-corrected chi connectivity index (χ3v) is 4.17. The first-order valence-electron chi connectivity index (χ1n) is 7.77. The first kappa shape index (κ1) is 14.0. The summed E-state index contributed by atoms with van der Waals surface area (Å²) < 4.78 is 1.93. The van der Waals surface area contributed by atoms with E-state index in [1.165, 1.54) is 43.4 Å². The number of aryl methyl sites for hydroxylation is 2. The van der Waals surface area contributed by atoms with E-state index in [1.807, 2.05) is 18.7 Å². The molecule has 1 aliphatic carbocycles. The maximum atomic E-state index is 4.70. The van der Waals surface area contributed by atoms with E-state index in [1.54, 1.807) is 12.4 Å². The third kappa shape index (κ3) is 3.40. The SMILES string of the molecule is Cc1cnc(NCc2cn(C)nc2C2CCCCC2)cn1. The quantitative estimate of drug-likeness (QED) is 0.937. The van der Waals surface area contributed by atoms with Crippen molar-refractivity contribution < 1.29 is 0 Å². The molecule has 0 bridgehead atoms. The molecule has 2 heterocycles. The molecule has 0 saturated heterocycles. The van der Waals surface area contributed by atoms with Crippen LogP contribution in [0.4, 0.5) is 5.82 Å². The summed E-state index contributed by atoms with van der Waals surface area (Å²) in [4.78, 5) is 8.60. The average molecular weight is 285 g/mol. The van der Waals surface area contributed by atoms with E-state index in [4.69, 9.17) is 5.10 Å². The summed E-state index contributed by atoms with van der Waals surface area (Å²) in [6.45, 7) is 2.70. The van der Waals surface area contributed by atoms with Crippen molar-refractivity contribution in [3.8, 4) is 0 Å². The van der Waals surface area contributed by atoms with Gasteiger partial charge in [-0.2, -0.15) is 5.10 Å². The van der Waals surface area contributed by atoms with Gasteiger partial charge in [0.25, 0.3) is 0 Å². The lowest BCUT2D eigenvalue weighted by atomic mass is 9.85. The first-order valence-corrected chi connectivity index (χ1v) is 7.77.